The van der Waals surface area contributed by atoms with Crippen LogP contribution in [-0.4, -0.2) is 38.6 Å². The van der Waals surface area contributed by atoms with Gasteiger partial charge in [0, 0.05) is 5.56 Å². The summed E-state index contributed by atoms with van der Waals surface area (Å²) in [4.78, 5) is 24.3. The van der Waals surface area contributed by atoms with Crippen molar-refractivity contribution in [2.75, 3.05) is 6.54 Å². The number of carbonyl (C=O) groups is 2. The maximum Gasteiger partial charge on any atom is 0.325 e. The van der Waals surface area contributed by atoms with Gasteiger partial charge in [-0.3, -0.25) is 9.59 Å². The number of benzene rings is 3. The number of hydrogen-bond acceptors (Lipinski definition) is 7. The summed E-state index contributed by atoms with van der Waals surface area (Å²) >= 11 is 0. The molecule has 1 N–H and O–H groups in total. The molecule has 1 heterocycles. The molecule has 4 aromatic rings. The van der Waals surface area contributed by atoms with Crippen LogP contribution in [0.5, 0.6) is 11.5 Å². The second-order valence-corrected chi connectivity index (χ2v) is 6.63. The fraction of sp³-hybridized carbons (Fsp3) is 0.0870. The number of nitrogens with one attached hydrogen (secondary N) is 1. The number of amides is 1. The lowest BCUT2D eigenvalue weighted by atomic mass is 10.2. The first-order chi connectivity index (χ1) is 15.7. The van der Waals surface area contributed by atoms with E-state index in [-0.39, 0.29) is 13.2 Å². The third-order valence-corrected chi connectivity index (χ3v) is 4.39. The van der Waals surface area contributed by atoms with E-state index in [0.717, 1.165) is 5.69 Å². The number of carbonyl (C=O) groups excluding carboxylic acids is 2. The molecule has 0 saturated heterocycles. The van der Waals surface area contributed by atoms with E-state index >= 15 is 0 Å². The molecular formula is C23H19N5O4. The van der Waals surface area contributed by atoms with E-state index < -0.39 is 11.9 Å². The SMILES string of the molecule is O=C(CNC(=O)c1ccc(Oc2ccccc2)cc1)OCc1nnnn1-c1ccccc1. The predicted molar refractivity (Wildman–Crippen MR) is 114 cm³/mol. The maximum atomic E-state index is 12.3. The van der Waals surface area contributed by atoms with Gasteiger partial charge >= 0.3 is 5.97 Å². The molecule has 0 saturated carbocycles. The van der Waals surface area contributed by atoms with Gasteiger partial charge in [-0.25, -0.2) is 0 Å². The molecule has 32 heavy (non-hydrogen) atoms. The Morgan fingerprint density at radius 1 is 0.844 bits per heavy atom. The van der Waals surface area contributed by atoms with Crippen LogP contribution in [0.25, 0.3) is 5.69 Å². The van der Waals surface area contributed by atoms with E-state index in [1.807, 2.05) is 60.7 Å². The molecule has 0 spiro atoms. The zero-order chi connectivity index (χ0) is 22.2. The Bertz CT molecular complexity index is 1180. The lowest BCUT2D eigenvalue weighted by molar-refractivity contribution is -0.143. The van der Waals surface area contributed by atoms with Crippen LogP contribution in [0.15, 0.2) is 84.9 Å². The molecule has 160 valence electrons. The number of para-hydroxylation sites is 2. The quantitative estimate of drug-likeness (QED) is 0.429. The summed E-state index contributed by atoms with van der Waals surface area (Å²) in [5, 5.41) is 13.9. The summed E-state index contributed by atoms with van der Waals surface area (Å²) < 4.78 is 12.4. The van der Waals surface area contributed by atoms with Crippen LogP contribution in [0.2, 0.25) is 0 Å². The highest BCUT2D eigenvalue weighted by atomic mass is 16.5. The van der Waals surface area contributed by atoms with E-state index in [0.29, 0.717) is 22.9 Å². The minimum Gasteiger partial charge on any atom is -0.457 e. The molecule has 0 aliphatic carbocycles. The first-order valence-electron chi connectivity index (χ1n) is 9.78. The molecule has 9 nitrogen and oxygen atoms in total. The van der Waals surface area contributed by atoms with Crippen LogP contribution in [0.1, 0.15) is 16.2 Å². The lowest BCUT2D eigenvalue weighted by Gasteiger charge is -2.08. The highest BCUT2D eigenvalue weighted by molar-refractivity contribution is 5.96. The molecule has 9 heteroatoms. The summed E-state index contributed by atoms with van der Waals surface area (Å²) in [5.74, 6) is 0.659. The fourth-order valence-electron chi connectivity index (χ4n) is 2.82. The van der Waals surface area contributed by atoms with Crippen LogP contribution in [0.4, 0.5) is 0 Å². The van der Waals surface area contributed by atoms with Gasteiger partial charge in [-0.05, 0) is 59.0 Å². The molecule has 0 unspecified atom stereocenters. The largest absolute Gasteiger partial charge is 0.457 e. The summed E-state index contributed by atoms with van der Waals surface area (Å²) in [7, 11) is 0. The first kappa shape index (κ1) is 20.7. The topological polar surface area (TPSA) is 108 Å². The van der Waals surface area contributed by atoms with Gasteiger partial charge in [0.05, 0.1) is 5.69 Å². The number of nitrogens with zero attached hydrogens (tertiary/aromatic N) is 4. The van der Waals surface area contributed by atoms with E-state index in [9.17, 15) is 9.59 Å². The number of ether oxygens (including phenoxy) is 2. The van der Waals surface area contributed by atoms with Crippen LogP contribution in [0.3, 0.4) is 0 Å². The predicted octanol–water partition coefficient (Wildman–Crippen LogP) is 2.93. The molecule has 0 bridgehead atoms. The van der Waals surface area contributed by atoms with E-state index in [1.165, 1.54) is 4.68 Å². The van der Waals surface area contributed by atoms with Gasteiger partial charge in [-0.1, -0.05) is 36.4 Å². The summed E-state index contributed by atoms with van der Waals surface area (Å²) in [6.07, 6.45) is 0. The van der Waals surface area contributed by atoms with Crippen molar-refractivity contribution in [1.29, 1.82) is 0 Å². The van der Waals surface area contributed by atoms with Crippen molar-refractivity contribution < 1.29 is 19.1 Å². The Morgan fingerprint density at radius 3 is 2.22 bits per heavy atom. The van der Waals surface area contributed by atoms with Crippen LogP contribution in [-0.2, 0) is 16.1 Å². The number of tetrazole rings is 1. The molecule has 0 fully saturated rings. The average molecular weight is 429 g/mol. The third-order valence-electron chi connectivity index (χ3n) is 4.39. The van der Waals surface area contributed by atoms with Crippen molar-refractivity contribution in [1.82, 2.24) is 25.5 Å². The lowest BCUT2D eigenvalue weighted by Crippen LogP contribution is -2.30. The molecule has 1 aromatic heterocycles. The minimum absolute atomic E-state index is 0.123. The Balaban J connectivity index is 1.26. The van der Waals surface area contributed by atoms with Gasteiger partial charge in [0.1, 0.15) is 18.0 Å². The average Bonchev–Trinajstić information content (AvgIpc) is 3.32. The molecule has 0 aliphatic rings. The fourth-order valence-corrected chi connectivity index (χ4v) is 2.82. The van der Waals surface area contributed by atoms with E-state index in [4.69, 9.17) is 9.47 Å². The number of aromatic nitrogens is 4. The normalized spacial score (nSPS) is 10.4. The highest BCUT2D eigenvalue weighted by Crippen LogP contribution is 2.21. The number of rotatable bonds is 8. The summed E-state index contributed by atoms with van der Waals surface area (Å²) in [6, 6.07) is 25.2. The van der Waals surface area contributed by atoms with Crippen molar-refractivity contribution in [2.24, 2.45) is 0 Å². The van der Waals surface area contributed by atoms with Gasteiger partial charge in [0.25, 0.3) is 5.91 Å². The maximum absolute atomic E-state index is 12.3. The molecule has 0 atom stereocenters. The third kappa shape index (κ3) is 5.33. The number of esters is 1. The van der Waals surface area contributed by atoms with Crippen molar-refractivity contribution >= 4 is 11.9 Å². The molecule has 4 rings (SSSR count). The monoisotopic (exact) mass is 429 g/mol. The molecule has 0 radical (unpaired) electrons. The van der Waals surface area contributed by atoms with Crippen molar-refractivity contribution in [3.63, 3.8) is 0 Å². The zero-order valence-corrected chi connectivity index (χ0v) is 16.9. The number of hydrogen-bond donors (Lipinski definition) is 1. The standard InChI is InChI=1S/C23H19N5O4/c29-22(31-16-21-25-26-27-28(21)18-7-3-1-4-8-18)15-24-23(30)17-11-13-20(14-12-17)32-19-9-5-2-6-10-19/h1-14H,15-16H2,(H,24,30). The molecule has 3 aromatic carbocycles. The van der Waals surface area contributed by atoms with Crippen LogP contribution >= 0.6 is 0 Å². The van der Waals surface area contributed by atoms with Crippen molar-refractivity contribution in [2.45, 2.75) is 6.61 Å². The molecule has 1 amide bonds. The van der Waals surface area contributed by atoms with Gasteiger partial charge in [-0.15, -0.1) is 5.10 Å². The van der Waals surface area contributed by atoms with Crippen LogP contribution in [0, 0.1) is 0 Å². The Kier molecular flexibility index (Phi) is 6.47. The Labute approximate surface area is 183 Å². The van der Waals surface area contributed by atoms with Crippen molar-refractivity contribution in [3.05, 3.63) is 96.3 Å². The van der Waals surface area contributed by atoms with E-state index in [1.54, 1.807) is 24.3 Å². The molecular weight excluding hydrogens is 410 g/mol. The second kappa shape index (κ2) is 9.98. The minimum atomic E-state index is -0.606. The highest BCUT2D eigenvalue weighted by Gasteiger charge is 2.13. The van der Waals surface area contributed by atoms with Crippen molar-refractivity contribution in [3.8, 4) is 17.2 Å². The Morgan fingerprint density at radius 2 is 1.50 bits per heavy atom. The van der Waals surface area contributed by atoms with Gasteiger partial charge in [-0.2, -0.15) is 4.68 Å². The second-order valence-electron chi connectivity index (χ2n) is 6.63. The summed E-state index contributed by atoms with van der Waals surface area (Å²) in [5.41, 5.74) is 1.14. The van der Waals surface area contributed by atoms with E-state index in [2.05, 4.69) is 20.8 Å². The molecule has 0 aliphatic heterocycles. The van der Waals surface area contributed by atoms with Gasteiger partial charge in [0.2, 0.25) is 0 Å². The summed E-state index contributed by atoms with van der Waals surface area (Å²) in [6.45, 7) is -0.407. The van der Waals surface area contributed by atoms with Crippen LogP contribution < -0.4 is 10.1 Å². The smallest absolute Gasteiger partial charge is 0.325 e. The van der Waals surface area contributed by atoms with Gasteiger partial charge in [0.15, 0.2) is 12.4 Å². The zero-order valence-electron chi connectivity index (χ0n) is 16.9. The first-order valence-corrected chi connectivity index (χ1v) is 9.78. The van der Waals surface area contributed by atoms with Gasteiger partial charge < -0.3 is 14.8 Å². The Hall–Kier alpha value is -4.53.